The first-order valence-corrected chi connectivity index (χ1v) is 6.11. The molecule has 2 rings (SSSR count). The van der Waals surface area contributed by atoms with E-state index in [9.17, 15) is 0 Å². The highest BCUT2D eigenvalue weighted by molar-refractivity contribution is 5.19. The van der Waals surface area contributed by atoms with Crippen LogP contribution in [0.25, 0.3) is 0 Å². The molecule has 2 aliphatic carbocycles. The van der Waals surface area contributed by atoms with E-state index >= 15 is 0 Å². The minimum atomic E-state index is 0.490. The van der Waals surface area contributed by atoms with E-state index < -0.39 is 0 Å². The van der Waals surface area contributed by atoms with Gasteiger partial charge in [-0.15, -0.1) is 0 Å². The molecule has 80 valence electrons. The van der Waals surface area contributed by atoms with E-state index in [0.29, 0.717) is 16.2 Å². The molecule has 0 aromatic heterocycles. The molecule has 0 aromatic rings. The van der Waals surface area contributed by atoms with Gasteiger partial charge in [-0.2, -0.15) is 0 Å². The maximum absolute atomic E-state index is 2.51. The lowest BCUT2D eigenvalue weighted by molar-refractivity contribution is -0.00793. The van der Waals surface area contributed by atoms with E-state index in [4.69, 9.17) is 0 Å². The summed E-state index contributed by atoms with van der Waals surface area (Å²) in [4.78, 5) is 0. The van der Waals surface area contributed by atoms with Gasteiger partial charge < -0.3 is 0 Å². The summed E-state index contributed by atoms with van der Waals surface area (Å²) in [6.07, 6.45) is 11.9. The molecule has 0 spiro atoms. The van der Waals surface area contributed by atoms with Gasteiger partial charge in [0.2, 0.25) is 0 Å². The van der Waals surface area contributed by atoms with E-state index in [1.807, 2.05) is 0 Å². The number of rotatable bonds is 1. The normalized spacial score (nSPS) is 45.1. The standard InChI is InChI=1S/C14H24/c1-5-14-8-6-7-13(14,4)11-12(2,3)9-10-14/h6-7H,5,8-11H2,1-4H3. The minimum absolute atomic E-state index is 0.490. The second kappa shape index (κ2) is 2.87. The van der Waals surface area contributed by atoms with Crippen molar-refractivity contribution in [2.45, 2.75) is 59.8 Å². The maximum Gasteiger partial charge on any atom is -0.00822 e. The zero-order chi connectivity index (χ0) is 10.4. The van der Waals surface area contributed by atoms with Gasteiger partial charge in [0.1, 0.15) is 0 Å². The molecular formula is C14H24. The third kappa shape index (κ3) is 1.26. The average Bonchev–Trinajstić information content (AvgIpc) is 2.40. The van der Waals surface area contributed by atoms with Crippen LogP contribution in [0.15, 0.2) is 12.2 Å². The molecule has 0 heteroatoms. The monoisotopic (exact) mass is 192 g/mol. The minimum Gasteiger partial charge on any atom is -0.0874 e. The van der Waals surface area contributed by atoms with Gasteiger partial charge >= 0.3 is 0 Å². The van der Waals surface area contributed by atoms with E-state index in [1.165, 1.54) is 32.1 Å². The summed E-state index contributed by atoms with van der Waals surface area (Å²) >= 11 is 0. The Morgan fingerprint density at radius 2 is 1.86 bits per heavy atom. The number of allylic oxidation sites excluding steroid dienone is 2. The van der Waals surface area contributed by atoms with Gasteiger partial charge in [-0.3, -0.25) is 0 Å². The van der Waals surface area contributed by atoms with Crippen LogP contribution in [0.1, 0.15) is 59.8 Å². The van der Waals surface area contributed by atoms with Crippen LogP contribution < -0.4 is 0 Å². The Balaban J connectivity index is 2.31. The summed E-state index contributed by atoms with van der Waals surface area (Å²) in [6.45, 7) is 9.73. The first kappa shape index (κ1) is 10.3. The largest absolute Gasteiger partial charge is 0.0874 e. The van der Waals surface area contributed by atoms with E-state index in [2.05, 4.69) is 39.8 Å². The second-order valence-corrected chi connectivity index (χ2v) is 6.50. The van der Waals surface area contributed by atoms with Crippen molar-refractivity contribution in [3.63, 3.8) is 0 Å². The summed E-state index contributed by atoms with van der Waals surface area (Å²) in [7, 11) is 0. The smallest absolute Gasteiger partial charge is 0.00822 e. The fourth-order valence-electron chi connectivity index (χ4n) is 3.97. The lowest BCUT2D eigenvalue weighted by Gasteiger charge is -2.53. The molecule has 14 heavy (non-hydrogen) atoms. The Kier molecular flexibility index (Phi) is 2.10. The molecule has 0 N–H and O–H groups in total. The van der Waals surface area contributed by atoms with Crippen LogP contribution in [0.2, 0.25) is 0 Å². The fourth-order valence-corrected chi connectivity index (χ4v) is 3.97. The molecular weight excluding hydrogens is 168 g/mol. The third-order valence-corrected chi connectivity index (χ3v) is 5.01. The van der Waals surface area contributed by atoms with Crippen molar-refractivity contribution in [2.24, 2.45) is 16.2 Å². The van der Waals surface area contributed by atoms with Crippen LogP contribution in [-0.2, 0) is 0 Å². The van der Waals surface area contributed by atoms with Crippen LogP contribution in [0.5, 0.6) is 0 Å². The highest BCUT2D eigenvalue weighted by atomic mass is 14.6. The highest BCUT2D eigenvalue weighted by Crippen LogP contribution is 2.63. The maximum atomic E-state index is 2.51. The van der Waals surface area contributed by atoms with Crippen LogP contribution in [0.4, 0.5) is 0 Å². The van der Waals surface area contributed by atoms with E-state index in [0.717, 1.165) is 0 Å². The summed E-state index contributed by atoms with van der Waals surface area (Å²) in [5, 5.41) is 0. The van der Waals surface area contributed by atoms with Gasteiger partial charge in [-0.1, -0.05) is 39.8 Å². The van der Waals surface area contributed by atoms with Gasteiger partial charge in [0.25, 0.3) is 0 Å². The van der Waals surface area contributed by atoms with Crippen LogP contribution in [-0.4, -0.2) is 0 Å². The summed E-state index contributed by atoms with van der Waals surface area (Å²) in [5.41, 5.74) is 1.66. The molecule has 0 aromatic carbocycles. The van der Waals surface area contributed by atoms with Gasteiger partial charge in [-0.05, 0) is 48.3 Å². The fraction of sp³-hybridized carbons (Fsp3) is 0.857. The highest BCUT2D eigenvalue weighted by Gasteiger charge is 2.52. The van der Waals surface area contributed by atoms with Crippen molar-refractivity contribution < 1.29 is 0 Å². The number of hydrogen-bond acceptors (Lipinski definition) is 0. The Morgan fingerprint density at radius 3 is 2.50 bits per heavy atom. The first-order chi connectivity index (χ1) is 6.43. The molecule has 0 saturated heterocycles. The third-order valence-electron chi connectivity index (χ3n) is 5.01. The lowest BCUT2D eigenvalue weighted by Crippen LogP contribution is -2.43. The molecule has 0 radical (unpaired) electrons. The SMILES string of the molecule is CCC12CC=CC1(C)CC(C)(C)CC2. The van der Waals surface area contributed by atoms with Crippen molar-refractivity contribution in [3.8, 4) is 0 Å². The van der Waals surface area contributed by atoms with Crippen molar-refractivity contribution in [3.05, 3.63) is 12.2 Å². The lowest BCUT2D eigenvalue weighted by atomic mass is 9.52. The first-order valence-electron chi connectivity index (χ1n) is 6.11. The zero-order valence-electron chi connectivity index (χ0n) is 10.2. The predicted molar refractivity (Wildman–Crippen MR) is 62.2 cm³/mol. The molecule has 2 unspecified atom stereocenters. The van der Waals surface area contributed by atoms with E-state index in [-0.39, 0.29) is 0 Å². The van der Waals surface area contributed by atoms with Crippen molar-refractivity contribution in [2.75, 3.05) is 0 Å². The summed E-state index contributed by atoms with van der Waals surface area (Å²) in [6, 6.07) is 0. The molecule has 2 aliphatic rings. The van der Waals surface area contributed by atoms with E-state index in [1.54, 1.807) is 0 Å². The quantitative estimate of drug-likeness (QED) is 0.534. The Bertz CT molecular complexity index is 261. The average molecular weight is 192 g/mol. The summed E-state index contributed by atoms with van der Waals surface area (Å²) in [5.74, 6) is 0. The van der Waals surface area contributed by atoms with Crippen LogP contribution in [0.3, 0.4) is 0 Å². The van der Waals surface area contributed by atoms with Crippen LogP contribution >= 0.6 is 0 Å². The van der Waals surface area contributed by atoms with Crippen molar-refractivity contribution >= 4 is 0 Å². The van der Waals surface area contributed by atoms with Gasteiger partial charge in [-0.25, -0.2) is 0 Å². The zero-order valence-corrected chi connectivity index (χ0v) is 10.2. The predicted octanol–water partition coefficient (Wildman–Crippen LogP) is 4.56. The molecule has 0 heterocycles. The van der Waals surface area contributed by atoms with Gasteiger partial charge in [0, 0.05) is 0 Å². The molecule has 1 fully saturated rings. The van der Waals surface area contributed by atoms with Gasteiger partial charge in [0.05, 0.1) is 0 Å². The molecule has 0 amide bonds. The number of fused-ring (bicyclic) bond motifs is 1. The molecule has 0 bridgehead atoms. The topological polar surface area (TPSA) is 0 Å². The van der Waals surface area contributed by atoms with Crippen molar-refractivity contribution in [1.82, 2.24) is 0 Å². The summed E-state index contributed by atoms with van der Waals surface area (Å²) < 4.78 is 0. The Hall–Kier alpha value is -0.260. The number of hydrogen-bond donors (Lipinski definition) is 0. The Labute approximate surface area is 88.8 Å². The molecule has 0 aliphatic heterocycles. The van der Waals surface area contributed by atoms with Gasteiger partial charge in [0.15, 0.2) is 0 Å². The molecule has 0 nitrogen and oxygen atoms in total. The second-order valence-electron chi connectivity index (χ2n) is 6.50. The Morgan fingerprint density at radius 1 is 1.14 bits per heavy atom. The van der Waals surface area contributed by atoms with Crippen LogP contribution in [0, 0.1) is 16.2 Å². The molecule has 2 atom stereocenters. The molecule has 1 saturated carbocycles. The van der Waals surface area contributed by atoms with Crippen molar-refractivity contribution in [1.29, 1.82) is 0 Å².